The number of nitrogens with one attached hydrogen (secondary N) is 2. The molecule has 5 nitrogen and oxygen atoms in total. The zero-order chi connectivity index (χ0) is 21.5. The number of H-pyrrole nitrogens is 1. The van der Waals surface area contributed by atoms with Gasteiger partial charge in [-0.2, -0.15) is 0 Å². The van der Waals surface area contributed by atoms with Crippen molar-refractivity contribution in [3.63, 3.8) is 0 Å². The highest BCUT2D eigenvalue weighted by Gasteiger charge is 2.25. The summed E-state index contributed by atoms with van der Waals surface area (Å²) < 4.78 is 5.67. The van der Waals surface area contributed by atoms with E-state index in [1.54, 1.807) is 0 Å². The van der Waals surface area contributed by atoms with Crippen LogP contribution in [0.1, 0.15) is 24.1 Å². The van der Waals surface area contributed by atoms with Crippen molar-refractivity contribution in [2.45, 2.75) is 19.4 Å². The first-order chi connectivity index (χ1) is 15.3. The minimum Gasteiger partial charge on any atom is -0.492 e. The molecule has 0 saturated carbocycles. The number of anilines is 1. The largest absolute Gasteiger partial charge is 0.492 e. The van der Waals surface area contributed by atoms with Gasteiger partial charge in [0.05, 0.1) is 18.8 Å². The maximum absolute atomic E-state index is 13.3. The number of carbonyl (C=O) groups excluding carboxylic acids is 1. The monoisotopic (exact) mass is 414 g/mol. The van der Waals surface area contributed by atoms with Crippen molar-refractivity contribution in [1.82, 2.24) is 4.98 Å². The van der Waals surface area contributed by atoms with Gasteiger partial charge in [-0.3, -0.25) is 4.79 Å². The summed E-state index contributed by atoms with van der Waals surface area (Å²) in [7, 11) is 0. The summed E-state index contributed by atoms with van der Waals surface area (Å²) in [6.45, 7) is 3.28. The molecule has 3 aromatic carbocycles. The van der Waals surface area contributed by atoms with E-state index in [1.807, 2.05) is 67.6 Å². The second-order valence-electron chi connectivity index (χ2n) is 7.44. The fourth-order valence-electron chi connectivity index (χ4n) is 3.86. The molecule has 0 fully saturated rings. The Bertz CT molecular complexity index is 1140. The second kappa shape index (κ2) is 9.96. The molecule has 1 heterocycles. The van der Waals surface area contributed by atoms with Crippen LogP contribution < -0.4 is 15.4 Å². The Hall–Kier alpha value is -3.57. The molecule has 0 aliphatic heterocycles. The normalized spacial score (nSPS) is 11.9. The standard InChI is InChI=1S/C26H27N3O2/c1-2-31-24-15-9-8-14-23(24)29-26(30)25(19-10-4-3-5-11-19)27-17-16-20-18-28-22-13-7-6-12-21(20)22/h3-15,18,25,27-28H,2,16-17H2,1H3,(H,29,30)/p+1/t25-/m0/s1. The molecule has 0 radical (unpaired) electrons. The average molecular weight is 415 g/mol. The third-order valence-electron chi connectivity index (χ3n) is 5.38. The molecular formula is C26H28N3O2+. The number of hydrogen-bond acceptors (Lipinski definition) is 2. The molecule has 5 heteroatoms. The maximum Gasteiger partial charge on any atom is 0.287 e. The SMILES string of the molecule is CCOc1ccccc1NC(=O)[C@@H]([NH2+]CCc1c[nH]c2ccccc12)c1ccccc1. The van der Waals surface area contributed by atoms with E-state index >= 15 is 0 Å². The Labute approximate surface area is 182 Å². The highest BCUT2D eigenvalue weighted by atomic mass is 16.5. The molecule has 1 amide bonds. The number of nitrogens with two attached hydrogens (primary N) is 1. The molecule has 0 unspecified atom stereocenters. The van der Waals surface area contributed by atoms with Crippen LogP contribution in [0.3, 0.4) is 0 Å². The first-order valence-corrected chi connectivity index (χ1v) is 10.7. The van der Waals surface area contributed by atoms with Crippen LogP contribution in [-0.2, 0) is 11.2 Å². The summed E-state index contributed by atoms with van der Waals surface area (Å²) in [4.78, 5) is 16.6. The fourth-order valence-corrected chi connectivity index (χ4v) is 3.86. The minimum absolute atomic E-state index is 0.0581. The van der Waals surface area contributed by atoms with Gasteiger partial charge in [0.15, 0.2) is 6.04 Å². The molecule has 158 valence electrons. The molecule has 0 spiro atoms. The van der Waals surface area contributed by atoms with E-state index in [0.29, 0.717) is 18.0 Å². The Balaban J connectivity index is 1.49. The summed E-state index contributed by atoms with van der Waals surface area (Å²) in [6.07, 6.45) is 2.94. The van der Waals surface area contributed by atoms with Gasteiger partial charge in [0.2, 0.25) is 0 Å². The lowest BCUT2D eigenvalue weighted by atomic mass is 10.0. The van der Waals surface area contributed by atoms with E-state index in [0.717, 1.165) is 24.0 Å². The van der Waals surface area contributed by atoms with E-state index in [4.69, 9.17) is 4.74 Å². The number of quaternary nitrogens is 1. The molecule has 4 rings (SSSR count). The van der Waals surface area contributed by atoms with Crippen LogP contribution in [-0.4, -0.2) is 24.0 Å². The third-order valence-corrected chi connectivity index (χ3v) is 5.38. The molecule has 0 saturated heterocycles. The Morgan fingerprint density at radius 3 is 2.58 bits per heavy atom. The minimum atomic E-state index is -0.346. The zero-order valence-electron chi connectivity index (χ0n) is 17.7. The van der Waals surface area contributed by atoms with E-state index in [1.165, 1.54) is 10.9 Å². The molecule has 31 heavy (non-hydrogen) atoms. The van der Waals surface area contributed by atoms with Gasteiger partial charge in [0.1, 0.15) is 5.75 Å². The molecule has 1 atom stereocenters. The number of rotatable bonds is 9. The quantitative estimate of drug-likeness (QED) is 0.387. The molecule has 1 aromatic heterocycles. The highest BCUT2D eigenvalue weighted by Crippen LogP contribution is 2.25. The highest BCUT2D eigenvalue weighted by molar-refractivity contribution is 5.95. The number of hydrogen-bond donors (Lipinski definition) is 3. The lowest BCUT2D eigenvalue weighted by Crippen LogP contribution is -2.87. The van der Waals surface area contributed by atoms with E-state index in [-0.39, 0.29) is 11.9 Å². The lowest BCUT2D eigenvalue weighted by Gasteiger charge is -2.17. The first-order valence-electron chi connectivity index (χ1n) is 10.7. The molecule has 4 aromatic rings. The van der Waals surface area contributed by atoms with Crippen molar-refractivity contribution in [3.05, 3.63) is 96.2 Å². The number of aromatic nitrogens is 1. The van der Waals surface area contributed by atoms with Crippen LogP contribution >= 0.6 is 0 Å². The van der Waals surface area contributed by atoms with Crippen molar-refractivity contribution in [3.8, 4) is 5.75 Å². The fraction of sp³-hybridized carbons (Fsp3) is 0.192. The first kappa shape index (κ1) is 20.7. The summed E-state index contributed by atoms with van der Waals surface area (Å²) in [5.41, 5.74) is 4.08. The van der Waals surface area contributed by atoms with E-state index in [9.17, 15) is 4.79 Å². The Morgan fingerprint density at radius 2 is 1.74 bits per heavy atom. The summed E-state index contributed by atoms with van der Waals surface area (Å²) >= 11 is 0. The van der Waals surface area contributed by atoms with Crippen LogP contribution in [0.15, 0.2) is 85.1 Å². The Morgan fingerprint density at radius 1 is 1.00 bits per heavy atom. The van der Waals surface area contributed by atoms with Crippen molar-refractivity contribution in [2.75, 3.05) is 18.5 Å². The predicted molar refractivity (Wildman–Crippen MR) is 124 cm³/mol. The van der Waals surface area contributed by atoms with Gasteiger partial charge < -0.3 is 20.4 Å². The number of ether oxygens (including phenoxy) is 1. The van der Waals surface area contributed by atoms with Crippen molar-refractivity contribution in [1.29, 1.82) is 0 Å². The van der Waals surface area contributed by atoms with Crippen LogP contribution in [0.25, 0.3) is 10.9 Å². The van der Waals surface area contributed by atoms with Gasteiger partial charge >= 0.3 is 0 Å². The van der Waals surface area contributed by atoms with Crippen LogP contribution in [0.4, 0.5) is 5.69 Å². The van der Waals surface area contributed by atoms with Crippen LogP contribution in [0.5, 0.6) is 5.75 Å². The lowest BCUT2D eigenvalue weighted by molar-refractivity contribution is -0.682. The van der Waals surface area contributed by atoms with Gasteiger partial charge in [-0.1, -0.05) is 60.7 Å². The number of para-hydroxylation sites is 3. The average Bonchev–Trinajstić information content (AvgIpc) is 3.22. The van der Waals surface area contributed by atoms with Crippen LogP contribution in [0, 0.1) is 0 Å². The predicted octanol–water partition coefficient (Wildman–Crippen LogP) is 4.05. The second-order valence-corrected chi connectivity index (χ2v) is 7.44. The van der Waals surface area contributed by atoms with E-state index in [2.05, 4.69) is 40.0 Å². The van der Waals surface area contributed by atoms with Gasteiger partial charge in [0.25, 0.3) is 5.91 Å². The number of amides is 1. The third kappa shape index (κ3) is 4.95. The molecule has 0 bridgehead atoms. The maximum atomic E-state index is 13.3. The van der Waals surface area contributed by atoms with Crippen molar-refractivity contribution < 1.29 is 14.8 Å². The molecule has 4 N–H and O–H groups in total. The number of fused-ring (bicyclic) bond motifs is 1. The number of benzene rings is 3. The summed E-state index contributed by atoms with van der Waals surface area (Å²) in [6, 6.07) is 25.4. The Kier molecular flexibility index (Phi) is 6.65. The van der Waals surface area contributed by atoms with Crippen LogP contribution in [0.2, 0.25) is 0 Å². The topological polar surface area (TPSA) is 70.7 Å². The smallest absolute Gasteiger partial charge is 0.287 e. The van der Waals surface area contributed by atoms with Gasteiger partial charge in [-0.25, -0.2) is 0 Å². The van der Waals surface area contributed by atoms with Gasteiger partial charge in [0, 0.05) is 29.1 Å². The van der Waals surface area contributed by atoms with Crippen molar-refractivity contribution in [2.24, 2.45) is 0 Å². The zero-order valence-corrected chi connectivity index (χ0v) is 17.7. The number of aromatic amines is 1. The molecular weight excluding hydrogens is 386 g/mol. The summed E-state index contributed by atoms with van der Waals surface area (Å²) in [5.74, 6) is 0.626. The van der Waals surface area contributed by atoms with Gasteiger partial charge in [-0.05, 0) is 30.7 Å². The number of carbonyl (C=O) groups is 1. The molecule has 0 aliphatic carbocycles. The van der Waals surface area contributed by atoms with E-state index < -0.39 is 0 Å². The molecule has 0 aliphatic rings. The van der Waals surface area contributed by atoms with Gasteiger partial charge in [-0.15, -0.1) is 0 Å². The van der Waals surface area contributed by atoms with Crippen molar-refractivity contribution >= 4 is 22.5 Å². The summed E-state index contributed by atoms with van der Waals surface area (Å²) in [5, 5.41) is 6.41.